The second-order valence-electron chi connectivity index (χ2n) is 8.99. The molecule has 0 radical (unpaired) electrons. The Bertz CT molecular complexity index is 1120. The standard InChI is InChI=1S/C28H32N4O3/c1-32-18-25(26(19-32)28(34)30-15-13-20-7-11-24(35-2)12-8-20)22-9-5-21(6-10-22)16-31-27(33)23-4-3-14-29-17-23/h3-12,14,17,25-26H,13,15-16,18-19H2,1-2H3,(H,30,34)(H,31,33)/t25-,26+/m0/s1. The highest BCUT2D eigenvalue weighted by Gasteiger charge is 2.36. The molecule has 1 aliphatic rings. The van der Waals surface area contributed by atoms with E-state index in [0.29, 0.717) is 18.7 Å². The number of likely N-dealkylation sites (tertiary alicyclic amines) is 1. The van der Waals surface area contributed by atoms with E-state index in [0.717, 1.165) is 42.0 Å². The van der Waals surface area contributed by atoms with Crippen molar-refractivity contribution in [3.63, 3.8) is 0 Å². The molecule has 0 spiro atoms. The molecular formula is C28H32N4O3. The maximum Gasteiger partial charge on any atom is 0.253 e. The highest BCUT2D eigenvalue weighted by Crippen LogP contribution is 2.32. The Kier molecular flexibility index (Phi) is 8.11. The molecule has 2 aromatic carbocycles. The fraction of sp³-hybridized carbons (Fsp3) is 0.321. The van der Waals surface area contributed by atoms with Crippen molar-refractivity contribution >= 4 is 11.8 Å². The van der Waals surface area contributed by atoms with Crippen LogP contribution >= 0.6 is 0 Å². The molecular weight excluding hydrogens is 440 g/mol. The van der Waals surface area contributed by atoms with Gasteiger partial charge in [0.25, 0.3) is 5.91 Å². The third-order valence-corrected chi connectivity index (χ3v) is 6.50. The molecule has 7 heteroatoms. The normalized spacial score (nSPS) is 17.7. The number of nitrogens with zero attached hydrogens (tertiary/aromatic N) is 2. The Morgan fingerprint density at radius 1 is 1.00 bits per heavy atom. The molecule has 1 aliphatic heterocycles. The summed E-state index contributed by atoms with van der Waals surface area (Å²) in [5.74, 6) is 0.829. The smallest absolute Gasteiger partial charge is 0.253 e. The monoisotopic (exact) mass is 472 g/mol. The van der Waals surface area contributed by atoms with Gasteiger partial charge in [-0.2, -0.15) is 0 Å². The zero-order chi connectivity index (χ0) is 24.6. The molecule has 4 rings (SSSR count). The van der Waals surface area contributed by atoms with Gasteiger partial charge in [0.1, 0.15) is 5.75 Å². The summed E-state index contributed by atoms with van der Waals surface area (Å²) in [6.07, 6.45) is 3.98. The van der Waals surface area contributed by atoms with Gasteiger partial charge in [0.2, 0.25) is 5.91 Å². The number of amides is 2. The Hall–Kier alpha value is -3.71. The van der Waals surface area contributed by atoms with Crippen LogP contribution in [0.1, 0.15) is 33.0 Å². The molecule has 2 heterocycles. The van der Waals surface area contributed by atoms with E-state index in [-0.39, 0.29) is 23.7 Å². The van der Waals surface area contributed by atoms with Crippen LogP contribution in [0, 0.1) is 5.92 Å². The average molecular weight is 473 g/mol. The van der Waals surface area contributed by atoms with Crippen LogP contribution in [-0.2, 0) is 17.8 Å². The number of benzene rings is 2. The van der Waals surface area contributed by atoms with E-state index in [1.165, 1.54) is 0 Å². The number of ether oxygens (including phenoxy) is 1. The molecule has 2 N–H and O–H groups in total. The van der Waals surface area contributed by atoms with E-state index in [1.807, 2.05) is 36.4 Å². The van der Waals surface area contributed by atoms with Crippen LogP contribution in [0.2, 0.25) is 0 Å². The molecule has 0 saturated carbocycles. The number of rotatable bonds is 9. The maximum absolute atomic E-state index is 13.0. The van der Waals surface area contributed by atoms with Gasteiger partial charge in [0.15, 0.2) is 0 Å². The Labute approximate surface area is 206 Å². The van der Waals surface area contributed by atoms with Crippen LogP contribution in [0.25, 0.3) is 0 Å². The van der Waals surface area contributed by atoms with Crippen LogP contribution in [0.3, 0.4) is 0 Å². The van der Waals surface area contributed by atoms with Gasteiger partial charge in [0, 0.05) is 44.5 Å². The van der Waals surface area contributed by atoms with Gasteiger partial charge >= 0.3 is 0 Å². The van der Waals surface area contributed by atoms with E-state index in [9.17, 15) is 9.59 Å². The summed E-state index contributed by atoms with van der Waals surface area (Å²) < 4.78 is 5.20. The van der Waals surface area contributed by atoms with Gasteiger partial charge in [-0.25, -0.2) is 0 Å². The Morgan fingerprint density at radius 3 is 2.43 bits per heavy atom. The largest absolute Gasteiger partial charge is 0.497 e. The minimum atomic E-state index is -0.147. The third-order valence-electron chi connectivity index (χ3n) is 6.50. The van der Waals surface area contributed by atoms with E-state index in [4.69, 9.17) is 4.74 Å². The zero-order valence-electron chi connectivity index (χ0n) is 20.2. The van der Waals surface area contributed by atoms with E-state index in [1.54, 1.807) is 31.6 Å². The molecule has 0 aliphatic carbocycles. The van der Waals surface area contributed by atoms with Crippen molar-refractivity contribution in [1.29, 1.82) is 0 Å². The summed E-state index contributed by atoms with van der Waals surface area (Å²) in [5.41, 5.74) is 3.86. The molecule has 0 bridgehead atoms. The minimum Gasteiger partial charge on any atom is -0.497 e. The molecule has 1 aromatic heterocycles. The zero-order valence-corrected chi connectivity index (χ0v) is 20.2. The molecule has 7 nitrogen and oxygen atoms in total. The molecule has 1 saturated heterocycles. The molecule has 182 valence electrons. The first kappa shape index (κ1) is 24.4. The van der Waals surface area contributed by atoms with Crippen molar-refractivity contribution in [2.45, 2.75) is 18.9 Å². The summed E-state index contributed by atoms with van der Waals surface area (Å²) in [6.45, 7) is 2.62. The van der Waals surface area contributed by atoms with Gasteiger partial charge < -0.3 is 20.3 Å². The van der Waals surface area contributed by atoms with E-state index in [2.05, 4.69) is 39.7 Å². The van der Waals surface area contributed by atoms with Gasteiger partial charge in [0.05, 0.1) is 18.6 Å². The predicted molar refractivity (Wildman–Crippen MR) is 135 cm³/mol. The summed E-state index contributed by atoms with van der Waals surface area (Å²) in [5, 5.41) is 6.06. The van der Waals surface area contributed by atoms with Crippen molar-refractivity contribution in [2.75, 3.05) is 33.8 Å². The first-order valence-corrected chi connectivity index (χ1v) is 11.9. The van der Waals surface area contributed by atoms with Gasteiger partial charge in [-0.3, -0.25) is 14.6 Å². The minimum absolute atomic E-state index is 0.0907. The van der Waals surface area contributed by atoms with Crippen molar-refractivity contribution in [3.05, 3.63) is 95.3 Å². The van der Waals surface area contributed by atoms with Crippen molar-refractivity contribution in [3.8, 4) is 5.75 Å². The fourth-order valence-electron chi connectivity index (χ4n) is 4.52. The van der Waals surface area contributed by atoms with Crippen molar-refractivity contribution < 1.29 is 14.3 Å². The quantitative estimate of drug-likeness (QED) is 0.500. The van der Waals surface area contributed by atoms with Gasteiger partial charge in [-0.15, -0.1) is 0 Å². The molecule has 2 atom stereocenters. The van der Waals surface area contributed by atoms with Crippen molar-refractivity contribution in [1.82, 2.24) is 20.5 Å². The topological polar surface area (TPSA) is 83.6 Å². The number of methoxy groups -OCH3 is 1. The summed E-state index contributed by atoms with van der Waals surface area (Å²) >= 11 is 0. The maximum atomic E-state index is 13.0. The third kappa shape index (κ3) is 6.45. The van der Waals surface area contributed by atoms with Crippen LogP contribution < -0.4 is 15.4 Å². The van der Waals surface area contributed by atoms with Crippen LogP contribution in [-0.4, -0.2) is 55.5 Å². The number of carbonyl (C=O) groups excluding carboxylic acids is 2. The summed E-state index contributed by atoms with van der Waals surface area (Å²) in [6, 6.07) is 19.6. The number of carbonyl (C=O) groups is 2. The van der Waals surface area contributed by atoms with Crippen LogP contribution in [0.15, 0.2) is 73.1 Å². The highest BCUT2D eigenvalue weighted by molar-refractivity contribution is 5.93. The lowest BCUT2D eigenvalue weighted by molar-refractivity contribution is -0.124. The second-order valence-corrected chi connectivity index (χ2v) is 8.99. The lowest BCUT2D eigenvalue weighted by atomic mass is 9.88. The molecule has 2 amide bonds. The lowest BCUT2D eigenvalue weighted by Crippen LogP contribution is -2.35. The number of hydrogen-bond acceptors (Lipinski definition) is 5. The second kappa shape index (κ2) is 11.6. The van der Waals surface area contributed by atoms with Gasteiger partial charge in [-0.1, -0.05) is 36.4 Å². The number of likely N-dealkylation sites (N-methyl/N-ethyl adjacent to an activating group) is 1. The number of pyridine rings is 1. The molecule has 35 heavy (non-hydrogen) atoms. The lowest BCUT2D eigenvalue weighted by Gasteiger charge is -2.19. The Morgan fingerprint density at radius 2 is 1.74 bits per heavy atom. The van der Waals surface area contributed by atoms with Crippen LogP contribution in [0.5, 0.6) is 5.75 Å². The van der Waals surface area contributed by atoms with Gasteiger partial charge in [-0.05, 0) is 54.4 Å². The summed E-state index contributed by atoms with van der Waals surface area (Å²) in [7, 11) is 3.71. The molecule has 0 unspecified atom stereocenters. The van der Waals surface area contributed by atoms with Crippen molar-refractivity contribution in [2.24, 2.45) is 5.92 Å². The number of hydrogen-bond donors (Lipinski definition) is 2. The van der Waals surface area contributed by atoms with E-state index >= 15 is 0 Å². The first-order chi connectivity index (χ1) is 17.0. The number of nitrogens with one attached hydrogen (secondary N) is 2. The molecule has 1 fully saturated rings. The highest BCUT2D eigenvalue weighted by atomic mass is 16.5. The summed E-state index contributed by atoms with van der Waals surface area (Å²) in [4.78, 5) is 31.5. The Balaban J connectivity index is 1.31. The molecule has 3 aromatic rings. The fourth-order valence-corrected chi connectivity index (χ4v) is 4.52. The SMILES string of the molecule is COc1ccc(CCNC(=O)[C@@H]2CN(C)C[C@H]2c2ccc(CNC(=O)c3cccnc3)cc2)cc1. The predicted octanol–water partition coefficient (Wildman–Crippen LogP) is 3.02. The average Bonchev–Trinajstić information content (AvgIpc) is 3.30. The number of aromatic nitrogens is 1. The van der Waals surface area contributed by atoms with Crippen LogP contribution in [0.4, 0.5) is 0 Å². The first-order valence-electron chi connectivity index (χ1n) is 11.9. The van der Waals surface area contributed by atoms with E-state index < -0.39 is 0 Å².